The highest BCUT2D eigenvalue weighted by Crippen LogP contribution is 2.25. The van der Waals surface area contributed by atoms with Crippen molar-refractivity contribution in [2.75, 3.05) is 27.7 Å². The lowest BCUT2D eigenvalue weighted by molar-refractivity contribution is 0.0734. The van der Waals surface area contributed by atoms with Gasteiger partial charge in [0.25, 0.3) is 5.91 Å². The molecule has 0 aliphatic carbocycles. The first-order valence-corrected chi connectivity index (χ1v) is 9.74. The Balaban J connectivity index is 1.85. The second-order valence-corrected chi connectivity index (χ2v) is 8.57. The first-order valence-electron chi connectivity index (χ1n) is 8.30. The van der Waals surface area contributed by atoms with Crippen LogP contribution in [0.4, 0.5) is 0 Å². The molecule has 1 amide bonds. The molecule has 0 unspecified atom stereocenters. The molecular weight excluding hydrogens is 352 g/mol. The van der Waals surface area contributed by atoms with Crippen LogP contribution in [0.5, 0.6) is 5.75 Å². The van der Waals surface area contributed by atoms with E-state index in [1.807, 2.05) is 6.07 Å². The van der Waals surface area contributed by atoms with Gasteiger partial charge in [0, 0.05) is 32.7 Å². The Morgan fingerprint density at radius 2 is 1.77 bits per heavy atom. The normalized spacial score (nSPS) is 14.2. The Morgan fingerprint density at radius 1 is 1.08 bits per heavy atom. The van der Waals surface area contributed by atoms with Crippen molar-refractivity contribution in [3.05, 3.63) is 59.2 Å². The number of nitrogens with zero attached hydrogens (tertiary/aromatic N) is 2. The zero-order valence-corrected chi connectivity index (χ0v) is 15.9. The van der Waals surface area contributed by atoms with E-state index in [-0.39, 0.29) is 10.8 Å². The fourth-order valence-electron chi connectivity index (χ4n) is 2.99. The summed E-state index contributed by atoms with van der Waals surface area (Å²) in [5.74, 6) is 0.628. The summed E-state index contributed by atoms with van der Waals surface area (Å²) < 4.78 is 31.0. The van der Waals surface area contributed by atoms with E-state index in [1.54, 1.807) is 48.4 Å². The first-order chi connectivity index (χ1) is 12.3. The van der Waals surface area contributed by atoms with Gasteiger partial charge in [-0.05, 0) is 53.9 Å². The number of carbonyl (C=O) groups is 1. The van der Waals surface area contributed by atoms with E-state index in [9.17, 15) is 13.2 Å². The van der Waals surface area contributed by atoms with Crippen molar-refractivity contribution in [3.8, 4) is 5.75 Å². The Hall–Kier alpha value is -2.38. The minimum Gasteiger partial charge on any atom is -0.497 e. The third kappa shape index (κ3) is 3.45. The average molecular weight is 374 g/mol. The summed E-state index contributed by atoms with van der Waals surface area (Å²) in [6, 6.07) is 12.2. The largest absolute Gasteiger partial charge is 0.497 e. The number of hydrogen-bond donors (Lipinski definition) is 0. The lowest BCUT2D eigenvalue weighted by Gasteiger charge is -2.29. The highest BCUT2D eigenvalue weighted by molar-refractivity contribution is 7.89. The van der Waals surface area contributed by atoms with Gasteiger partial charge in [0.1, 0.15) is 5.75 Å². The van der Waals surface area contributed by atoms with Crippen LogP contribution in [0, 0.1) is 0 Å². The van der Waals surface area contributed by atoms with Gasteiger partial charge in [0.05, 0.1) is 12.0 Å². The second kappa shape index (κ2) is 7.09. The third-order valence-corrected chi connectivity index (χ3v) is 6.40. The molecule has 7 heteroatoms. The van der Waals surface area contributed by atoms with Gasteiger partial charge < -0.3 is 9.64 Å². The van der Waals surface area contributed by atoms with Crippen LogP contribution >= 0.6 is 0 Å². The zero-order chi connectivity index (χ0) is 18.9. The molecule has 1 heterocycles. The van der Waals surface area contributed by atoms with Crippen molar-refractivity contribution in [1.29, 1.82) is 0 Å². The topological polar surface area (TPSA) is 66.9 Å². The van der Waals surface area contributed by atoms with Crippen molar-refractivity contribution < 1.29 is 17.9 Å². The van der Waals surface area contributed by atoms with Crippen LogP contribution in [-0.4, -0.2) is 51.3 Å². The number of amides is 1. The molecule has 0 bridgehead atoms. The summed E-state index contributed by atoms with van der Waals surface area (Å²) in [5, 5.41) is 0. The maximum Gasteiger partial charge on any atom is 0.254 e. The molecule has 0 radical (unpaired) electrons. The van der Waals surface area contributed by atoms with E-state index in [0.717, 1.165) is 11.1 Å². The number of fused-ring (bicyclic) bond motifs is 1. The molecule has 1 aliphatic rings. The van der Waals surface area contributed by atoms with Crippen LogP contribution in [0.2, 0.25) is 0 Å². The van der Waals surface area contributed by atoms with Gasteiger partial charge >= 0.3 is 0 Å². The van der Waals surface area contributed by atoms with E-state index in [4.69, 9.17) is 4.74 Å². The van der Waals surface area contributed by atoms with E-state index >= 15 is 0 Å². The summed E-state index contributed by atoms with van der Waals surface area (Å²) in [4.78, 5) is 14.8. The predicted molar refractivity (Wildman–Crippen MR) is 98.8 cm³/mol. The molecule has 138 valence electrons. The number of hydrogen-bond acceptors (Lipinski definition) is 4. The SMILES string of the molecule is COc1ccc(C(=O)N2CCc3ccc(S(=O)(=O)N(C)C)cc3C2)cc1. The van der Waals surface area contributed by atoms with Crippen molar-refractivity contribution in [2.45, 2.75) is 17.9 Å². The molecule has 0 saturated heterocycles. The van der Waals surface area contributed by atoms with Gasteiger partial charge in [-0.15, -0.1) is 0 Å². The third-order valence-electron chi connectivity index (χ3n) is 4.59. The molecule has 0 fully saturated rings. The maximum absolute atomic E-state index is 12.8. The Labute approximate surface area is 154 Å². The lowest BCUT2D eigenvalue weighted by atomic mass is 9.99. The number of ether oxygens (including phenoxy) is 1. The number of benzene rings is 2. The molecular formula is C19H22N2O4S. The Bertz CT molecular complexity index is 921. The fourth-order valence-corrected chi connectivity index (χ4v) is 3.95. The van der Waals surface area contributed by atoms with E-state index in [0.29, 0.717) is 30.8 Å². The summed E-state index contributed by atoms with van der Waals surface area (Å²) in [6.45, 7) is 1.01. The Morgan fingerprint density at radius 3 is 2.38 bits per heavy atom. The Kier molecular flexibility index (Phi) is 5.02. The molecule has 2 aromatic rings. The number of methoxy groups -OCH3 is 1. The summed E-state index contributed by atoms with van der Waals surface area (Å²) >= 11 is 0. The van der Waals surface area contributed by atoms with Crippen LogP contribution in [0.3, 0.4) is 0 Å². The molecule has 0 saturated carbocycles. The van der Waals surface area contributed by atoms with Gasteiger partial charge in [-0.25, -0.2) is 12.7 Å². The quantitative estimate of drug-likeness (QED) is 0.822. The smallest absolute Gasteiger partial charge is 0.254 e. The van der Waals surface area contributed by atoms with Gasteiger partial charge in [0.15, 0.2) is 0 Å². The minimum atomic E-state index is -3.49. The summed E-state index contributed by atoms with van der Waals surface area (Å²) in [7, 11) is 1.11. The highest BCUT2D eigenvalue weighted by atomic mass is 32.2. The van der Waals surface area contributed by atoms with E-state index < -0.39 is 10.0 Å². The summed E-state index contributed by atoms with van der Waals surface area (Å²) in [5.41, 5.74) is 2.55. The van der Waals surface area contributed by atoms with Crippen molar-refractivity contribution in [3.63, 3.8) is 0 Å². The first kappa shape index (κ1) is 18.4. The summed E-state index contributed by atoms with van der Waals surface area (Å²) in [6.07, 6.45) is 0.708. The molecule has 26 heavy (non-hydrogen) atoms. The maximum atomic E-state index is 12.8. The van der Waals surface area contributed by atoms with E-state index in [1.165, 1.54) is 18.4 Å². The molecule has 0 atom stereocenters. The van der Waals surface area contributed by atoms with Crippen LogP contribution in [0.25, 0.3) is 0 Å². The van der Waals surface area contributed by atoms with Crippen molar-refractivity contribution >= 4 is 15.9 Å². The van der Waals surface area contributed by atoms with Crippen molar-refractivity contribution in [1.82, 2.24) is 9.21 Å². The van der Waals surface area contributed by atoms with Gasteiger partial charge in [-0.1, -0.05) is 6.07 Å². The molecule has 0 aromatic heterocycles. The predicted octanol–water partition coefficient (Wildman–Crippen LogP) is 2.14. The molecule has 3 rings (SSSR count). The van der Waals surface area contributed by atoms with Crippen LogP contribution in [0.15, 0.2) is 47.4 Å². The monoisotopic (exact) mass is 374 g/mol. The number of sulfonamides is 1. The zero-order valence-electron chi connectivity index (χ0n) is 15.1. The van der Waals surface area contributed by atoms with Gasteiger partial charge in [-0.2, -0.15) is 0 Å². The average Bonchev–Trinajstić information content (AvgIpc) is 2.66. The van der Waals surface area contributed by atoms with Crippen LogP contribution in [0.1, 0.15) is 21.5 Å². The molecule has 0 spiro atoms. The standard InChI is InChI=1S/C19H22N2O4S/c1-20(2)26(23,24)18-9-6-14-10-11-21(13-16(14)12-18)19(22)15-4-7-17(25-3)8-5-15/h4-9,12H,10-11,13H2,1-3H3. The molecule has 2 aromatic carbocycles. The second-order valence-electron chi connectivity index (χ2n) is 6.42. The van der Waals surface area contributed by atoms with E-state index in [2.05, 4.69) is 0 Å². The number of rotatable bonds is 4. The van der Waals surface area contributed by atoms with Crippen molar-refractivity contribution in [2.24, 2.45) is 0 Å². The van der Waals surface area contributed by atoms with Crippen LogP contribution in [-0.2, 0) is 23.0 Å². The number of carbonyl (C=O) groups excluding carboxylic acids is 1. The minimum absolute atomic E-state index is 0.0702. The molecule has 1 aliphatic heterocycles. The molecule has 0 N–H and O–H groups in total. The van der Waals surface area contributed by atoms with Gasteiger partial charge in [0.2, 0.25) is 10.0 Å². The molecule has 6 nitrogen and oxygen atoms in total. The van der Waals surface area contributed by atoms with Crippen LogP contribution < -0.4 is 4.74 Å². The highest BCUT2D eigenvalue weighted by Gasteiger charge is 2.24. The fraction of sp³-hybridized carbons (Fsp3) is 0.316. The van der Waals surface area contributed by atoms with Gasteiger partial charge in [-0.3, -0.25) is 4.79 Å². The lowest BCUT2D eigenvalue weighted by Crippen LogP contribution is -2.36.